The Bertz CT molecular complexity index is 688. The highest BCUT2D eigenvalue weighted by molar-refractivity contribution is 6.00. The largest absolute Gasteiger partial charge is 0.379 e. The second kappa shape index (κ2) is 4.65. The molecule has 3 saturated heterocycles. The van der Waals surface area contributed by atoms with Crippen LogP contribution >= 0.6 is 0 Å². The molecule has 0 spiro atoms. The summed E-state index contributed by atoms with van der Waals surface area (Å²) in [5, 5.41) is 11.5. The molecule has 122 valence electrons. The molecule has 1 unspecified atom stereocenters. The number of ether oxygens (including phenoxy) is 1. The van der Waals surface area contributed by atoms with E-state index in [9.17, 15) is 5.11 Å². The van der Waals surface area contributed by atoms with Gasteiger partial charge < -0.3 is 9.84 Å². The quantitative estimate of drug-likeness (QED) is 0.811. The molecule has 3 fully saturated rings. The van der Waals surface area contributed by atoms with E-state index in [2.05, 4.69) is 11.8 Å². The lowest BCUT2D eigenvalue weighted by Gasteiger charge is -2.39. The SMILES string of the molecule is CC[C@@]12CCC3=Nc4ccccc4[C@]3(O)CCN(C[C@@H]3O[C@@H]31)C2. The van der Waals surface area contributed by atoms with Crippen LogP contribution in [-0.4, -0.2) is 47.6 Å². The lowest BCUT2D eigenvalue weighted by Crippen LogP contribution is -2.48. The minimum Gasteiger partial charge on any atom is -0.379 e. The highest BCUT2D eigenvalue weighted by atomic mass is 16.6. The Balaban J connectivity index is 1.54. The van der Waals surface area contributed by atoms with Gasteiger partial charge in [-0.15, -0.1) is 0 Å². The first kappa shape index (κ1) is 14.1. The molecule has 4 aliphatic heterocycles. The molecule has 4 heteroatoms. The van der Waals surface area contributed by atoms with Gasteiger partial charge in [0.05, 0.1) is 23.6 Å². The average Bonchev–Trinajstić information content (AvgIpc) is 3.29. The van der Waals surface area contributed by atoms with E-state index in [1.807, 2.05) is 24.3 Å². The molecule has 23 heavy (non-hydrogen) atoms. The van der Waals surface area contributed by atoms with Crippen molar-refractivity contribution in [1.29, 1.82) is 0 Å². The summed E-state index contributed by atoms with van der Waals surface area (Å²) in [6.45, 7) is 5.34. The van der Waals surface area contributed by atoms with Gasteiger partial charge in [0.2, 0.25) is 0 Å². The van der Waals surface area contributed by atoms with E-state index < -0.39 is 5.60 Å². The smallest absolute Gasteiger partial charge is 0.131 e. The molecule has 1 aromatic rings. The minimum atomic E-state index is -0.867. The number of fused-ring (bicyclic) bond motifs is 7. The Hall–Kier alpha value is -1.23. The third kappa shape index (κ3) is 1.92. The summed E-state index contributed by atoms with van der Waals surface area (Å²) >= 11 is 0. The van der Waals surface area contributed by atoms with Crippen LogP contribution < -0.4 is 0 Å². The van der Waals surface area contributed by atoms with Gasteiger partial charge in [-0.2, -0.15) is 0 Å². The van der Waals surface area contributed by atoms with Gasteiger partial charge in [-0.3, -0.25) is 9.89 Å². The molecule has 4 aliphatic rings. The predicted molar refractivity (Wildman–Crippen MR) is 89.1 cm³/mol. The summed E-state index contributed by atoms with van der Waals surface area (Å²) in [7, 11) is 0. The van der Waals surface area contributed by atoms with Crippen molar-refractivity contribution in [1.82, 2.24) is 4.90 Å². The molecule has 0 amide bonds. The second-order valence-electron chi connectivity index (χ2n) is 7.73. The van der Waals surface area contributed by atoms with Crippen LogP contribution in [0.15, 0.2) is 29.3 Å². The van der Waals surface area contributed by atoms with E-state index in [0.717, 1.165) is 62.3 Å². The minimum absolute atomic E-state index is 0.242. The Morgan fingerprint density at radius 3 is 3.09 bits per heavy atom. The first-order valence-electron chi connectivity index (χ1n) is 8.92. The number of aliphatic hydroxyl groups is 1. The third-order valence-electron chi connectivity index (χ3n) is 6.60. The summed E-state index contributed by atoms with van der Waals surface area (Å²) < 4.78 is 5.99. The van der Waals surface area contributed by atoms with Crippen LogP contribution in [0.4, 0.5) is 5.69 Å². The van der Waals surface area contributed by atoms with Crippen LogP contribution in [0.2, 0.25) is 0 Å². The van der Waals surface area contributed by atoms with Crippen molar-refractivity contribution in [3.05, 3.63) is 29.8 Å². The van der Waals surface area contributed by atoms with Crippen molar-refractivity contribution in [2.24, 2.45) is 10.4 Å². The van der Waals surface area contributed by atoms with E-state index in [-0.39, 0.29) is 5.41 Å². The average molecular weight is 312 g/mol. The standard InChI is InChI=1S/C19H24N2O2/c1-2-18-8-7-16-19(22,13-5-3-4-6-14(13)20-16)9-10-21(12-18)11-15-17(18)23-15/h3-6,15,17,22H,2,7-12H2,1H3/t15-,17-,18-,19+/m0/s1. The number of benzene rings is 1. The summed E-state index contributed by atoms with van der Waals surface area (Å²) in [5.41, 5.74) is 2.30. The number of aliphatic imine (C=N–C) groups is 1. The van der Waals surface area contributed by atoms with Crippen LogP contribution in [0, 0.1) is 5.41 Å². The van der Waals surface area contributed by atoms with Gasteiger partial charge in [-0.25, -0.2) is 0 Å². The maximum Gasteiger partial charge on any atom is 0.131 e. The van der Waals surface area contributed by atoms with Crippen molar-refractivity contribution in [3.8, 4) is 0 Å². The van der Waals surface area contributed by atoms with Gasteiger partial charge >= 0.3 is 0 Å². The Morgan fingerprint density at radius 2 is 2.22 bits per heavy atom. The van der Waals surface area contributed by atoms with E-state index >= 15 is 0 Å². The third-order valence-corrected chi connectivity index (χ3v) is 6.60. The number of hydrogen-bond acceptors (Lipinski definition) is 4. The van der Waals surface area contributed by atoms with Crippen molar-refractivity contribution in [2.75, 3.05) is 19.6 Å². The molecule has 5 rings (SSSR count). The number of piperidine rings is 1. The van der Waals surface area contributed by atoms with Crippen LogP contribution in [0.5, 0.6) is 0 Å². The lowest BCUT2D eigenvalue weighted by atomic mass is 9.73. The molecule has 0 saturated carbocycles. The highest BCUT2D eigenvalue weighted by Crippen LogP contribution is 2.52. The molecule has 1 aromatic carbocycles. The molecular weight excluding hydrogens is 288 g/mol. The number of hydrogen-bond donors (Lipinski definition) is 1. The fourth-order valence-corrected chi connectivity index (χ4v) is 5.10. The van der Waals surface area contributed by atoms with E-state index in [1.54, 1.807) is 0 Å². The number of nitrogens with zero attached hydrogens (tertiary/aromatic N) is 2. The Labute approximate surface area is 137 Å². The number of para-hydroxylation sites is 1. The summed E-state index contributed by atoms with van der Waals surface area (Å²) in [6, 6.07) is 8.08. The normalized spacial score (nSPS) is 44.1. The molecular formula is C19H24N2O2. The highest BCUT2D eigenvalue weighted by Gasteiger charge is 2.59. The van der Waals surface area contributed by atoms with Crippen molar-refractivity contribution in [2.45, 2.75) is 50.4 Å². The first-order valence-corrected chi connectivity index (χ1v) is 8.92. The predicted octanol–water partition coefficient (Wildman–Crippen LogP) is 2.62. The zero-order valence-corrected chi connectivity index (χ0v) is 13.7. The summed E-state index contributed by atoms with van der Waals surface area (Å²) in [4.78, 5) is 7.33. The zero-order chi connectivity index (χ0) is 15.7. The van der Waals surface area contributed by atoms with Crippen LogP contribution in [0.3, 0.4) is 0 Å². The van der Waals surface area contributed by atoms with Crippen LogP contribution in [0.25, 0.3) is 0 Å². The van der Waals surface area contributed by atoms with Gasteiger partial charge in [0.25, 0.3) is 0 Å². The molecule has 2 bridgehead atoms. The second-order valence-corrected chi connectivity index (χ2v) is 7.73. The van der Waals surface area contributed by atoms with Crippen molar-refractivity contribution < 1.29 is 9.84 Å². The summed E-state index contributed by atoms with van der Waals surface area (Å²) in [5.74, 6) is 0. The van der Waals surface area contributed by atoms with Crippen molar-refractivity contribution in [3.63, 3.8) is 0 Å². The van der Waals surface area contributed by atoms with Gasteiger partial charge in [-0.05, 0) is 31.7 Å². The maximum atomic E-state index is 11.5. The van der Waals surface area contributed by atoms with Gasteiger partial charge in [0.1, 0.15) is 5.60 Å². The van der Waals surface area contributed by atoms with E-state index in [0.29, 0.717) is 12.2 Å². The Kier molecular flexibility index (Phi) is 2.86. The molecule has 1 N–H and O–H groups in total. The van der Waals surface area contributed by atoms with Gasteiger partial charge in [0, 0.05) is 30.6 Å². The van der Waals surface area contributed by atoms with E-state index in [4.69, 9.17) is 9.73 Å². The van der Waals surface area contributed by atoms with Crippen molar-refractivity contribution >= 4 is 11.4 Å². The maximum absolute atomic E-state index is 11.5. The fraction of sp³-hybridized carbons (Fsp3) is 0.632. The topological polar surface area (TPSA) is 48.4 Å². The molecule has 0 radical (unpaired) electrons. The zero-order valence-electron chi connectivity index (χ0n) is 13.7. The Morgan fingerprint density at radius 1 is 1.35 bits per heavy atom. The molecule has 4 heterocycles. The van der Waals surface area contributed by atoms with Crippen LogP contribution in [0.1, 0.15) is 38.2 Å². The molecule has 0 aromatic heterocycles. The molecule has 4 nitrogen and oxygen atoms in total. The lowest BCUT2D eigenvalue weighted by molar-refractivity contribution is 0.0679. The van der Waals surface area contributed by atoms with Gasteiger partial charge in [0.15, 0.2) is 0 Å². The van der Waals surface area contributed by atoms with E-state index in [1.165, 1.54) is 0 Å². The summed E-state index contributed by atoms with van der Waals surface area (Å²) in [6.07, 6.45) is 4.67. The number of epoxide rings is 1. The monoisotopic (exact) mass is 312 g/mol. The van der Waals surface area contributed by atoms with Crippen LogP contribution in [-0.2, 0) is 10.3 Å². The first-order chi connectivity index (χ1) is 11.1. The molecule has 0 aliphatic carbocycles. The molecule has 5 atom stereocenters. The fourth-order valence-electron chi connectivity index (χ4n) is 5.10. The number of rotatable bonds is 1. The van der Waals surface area contributed by atoms with Gasteiger partial charge in [-0.1, -0.05) is 25.1 Å².